The third kappa shape index (κ3) is 6.20. The van der Waals surface area contributed by atoms with Crippen molar-refractivity contribution in [3.8, 4) is 0 Å². The fourth-order valence-electron chi connectivity index (χ4n) is 4.11. The molecule has 0 aliphatic heterocycles. The third-order valence-electron chi connectivity index (χ3n) is 5.64. The summed E-state index contributed by atoms with van der Waals surface area (Å²) in [5.74, 6) is 0. The van der Waals surface area contributed by atoms with E-state index in [1.165, 1.54) is 21.2 Å². The Morgan fingerprint density at radius 3 is 0.886 bits per heavy atom. The van der Waals surface area contributed by atoms with Crippen LogP contribution in [0.15, 0.2) is 152 Å². The van der Waals surface area contributed by atoms with E-state index in [0.29, 0.717) is 0 Å². The van der Waals surface area contributed by atoms with Gasteiger partial charge in [-0.3, -0.25) is 0 Å². The van der Waals surface area contributed by atoms with Gasteiger partial charge in [-0.2, -0.15) is 0 Å². The van der Waals surface area contributed by atoms with Crippen molar-refractivity contribution in [1.82, 2.24) is 0 Å². The molecule has 0 amide bonds. The number of hydrogen-bond acceptors (Lipinski definition) is 0. The first-order valence-electron chi connectivity index (χ1n) is 11.2. The van der Waals surface area contributed by atoms with Gasteiger partial charge < -0.3 is 0 Å². The zero-order valence-electron chi connectivity index (χ0n) is 19.0. The molecule has 0 aliphatic rings. The quantitative estimate of drug-likeness (QED) is 0.174. The Hall–Kier alpha value is -2.07. The maximum Gasteiger partial charge on any atom is 0.144 e. The smallest absolute Gasteiger partial charge is 0.0620 e. The summed E-state index contributed by atoms with van der Waals surface area (Å²) in [4.78, 5) is 0. The predicted octanol–water partition coefficient (Wildman–Crippen LogP) is 5.69. The van der Waals surface area contributed by atoms with Gasteiger partial charge in [0.25, 0.3) is 0 Å². The SMILES string of the molecule is F[P@@](=[Se])([Se-])c1ccccc1.c1ccc([P+](c2ccccc2)(c2ccccc2)c2ccccc2)cc1. The van der Waals surface area contributed by atoms with E-state index in [0.717, 1.165) is 5.30 Å². The van der Waals surface area contributed by atoms with E-state index in [2.05, 4.69) is 152 Å². The van der Waals surface area contributed by atoms with Crippen LogP contribution in [-0.2, 0) is 0 Å². The summed E-state index contributed by atoms with van der Waals surface area (Å²) in [6, 6.07) is 52.9. The van der Waals surface area contributed by atoms with Gasteiger partial charge in [0.2, 0.25) is 0 Å². The molecule has 0 N–H and O–H groups in total. The van der Waals surface area contributed by atoms with Crippen LogP contribution in [0, 0.1) is 0 Å². The zero-order valence-corrected chi connectivity index (χ0v) is 24.2. The van der Waals surface area contributed by atoms with Crippen LogP contribution in [0.3, 0.4) is 0 Å². The molecule has 0 radical (unpaired) electrons. The standard InChI is InChI=1S/C24H20P.C6H6FPSe2/c1-5-13-21(14-6-1)25(22-15-7-2-8-16-22,23-17-9-3-10-18-23)24-19-11-4-12-20-24;7-8(9,10)6-4-2-1-3-5-6/h1-20H;1-5H,(H,9,10)/q+1;/p-1. The minimum atomic E-state index is -2.52. The van der Waals surface area contributed by atoms with Gasteiger partial charge in [0, 0.05) is 0 Å². The Kier molecular flexibility index (Phi) is 9.10. The van der Waals surface area contributed by atoms with Crippen molar-refractivity contribution < 1.29 is 4.20 Å². The van der Waals surface area contributed by atoms with Crippen LogP contribution < -0.4 is 26.5 Å². The van der Waals surface area contributed by atoms with Gasteiger partial charge in [-0.05, 0) is 48.5 Å². The molecule has 174 valence electrons. The second-order valence-electron chi connectivity index (χ2n) is 7.83. The molecule has 0 bridgehead atoms. The second kappa shape index (κ2) is 12.3. The molecular weight excluding hydrogens is 599 g/mol. The zero-order chi connectivity index (χ0) is 24.6. The Morgan fingerprint density at radius 1 is 0.457 bits per heavy atom. The van der Waals surface area contributed by atoms with Crippen LogP contribution in [0.5, 0.6) is 0 Å². The van der Waals surface area contributed by atoms with Crippen molar-refractivity contribution in [3.63, 3.8) is 0 Å². The number of halogens is 1. The Labute approximate surface area is 223 Å². The van der Waals surface area contributed by atoms with Crippen molar-refractivity contribution in [2.75, 3.05) is 0 Å². The third-order valence-corrected chi connectivity index (χ3v) is 13.5. The molecule has 5 heteroatoms. The molecular formula is C30H25FP2Se2. The molecule has 0 aliphatic carbocycles. The molecule has 1 atom stereocenters. The molecule has 5 aromatic rings. The normalized spacial score (nSPS) is 12.6. The summed E-state index contributed by atoms with van der Waals surface area (Å²) >= 11 is 5.04. The summed E-state index contributed by atoms with van der Waals surface area (Å²) in [7, 11) is -1.91. The first kappa shape index (κ1) is 26.0. The van der Waals surface area contributed by atoms with Crippen LogP contribution in [0.1, 0.15) is 0 Å². The molecule has 0 saturated heterocycles. The van der Waals surface area contributed by atoms with Gasteiger partial charge >= 0.3 is 75.0 Å². The molecule has 0 heterocycles. The second-order valence-corrected chi connectivity index (χ2v) is 22.6. The Bertz CT molecular complexity index is 1200. The maximum atomic E-state index is 13.1. The Morgan fingerprint density at radius 2 is 0.686 bits per heavy atom. The monoisotopic (exact) mass is 626 g/mol. The largest absolute Gasteiger partial charge is 0.144 e. The average Bonchev–Trinajstić information content (AvgIpc) is 2.92. The minimum Gasteiger partial charge on any atom is -0.0620 e. The van der Waals surface area contributed by atoms with Gasteiger partial charge in [0.15, 0.2) is 0 Å². The predicted molar refractivity (Wildman–Crippen MR) is 157 cm³/mol. The first-order chi connectivity index (χ1) is 17.0. The van der Waals surface area contributed by atoms with Crippen LogP contribution in [0.25, 0.3) is 0 Å². The fourth-order valence-corrected chi connectivity index (χ4v) is 10.4. The number of hydrogen-bond donors (Lipinski definition) is 0. The van der Waals surface area contributed by atoms with E-state index in [1.807, 2.05) is 18.2 Å². The molecule has 0 saturated carbocycles. The summed E-state index contributed by atoms with van der Waals surface area (Å²) in [6.45, 7) is 0. The van der Waals surface area contributed by atoms with Gasteiger partial charge in [0.05, 0.1) is 0 Å². The molecule has 0 aromatic heterocycles. The van der Waals surface area contributed by atoms with Crippen molar-refractivity contribution in [2.24, 2.45) is 0 Å². The van der Waals surface area contributed by atoms with Gasteiger partial charge in [0.1, 0.15) is 28.5 Å². The van der Waals surface area contributed by atoms with Crippen LogP contribution >= 0.6 is 11.8 Å². The molecule has 0 nitrogen and oxygen atoms in total. The van der Waals surface area contributed by atoms with Gasteiger partial charge in [-0.25, -0.2) is 0 Å². The van der Waals surface area contributed by atoms with E-state index in [-0.39, 0.29) is 0 Å². The molecule has 35 heavy (non-hydrogen) atoms. The maximum absolute atomic E-state index is 13.1. The van der Waals surface area contributed by atoms with Gasteiger partial charge in [-0.15, -0.1) is 0 Å². The van der Waals surface area contributed by atoms with Crippen LogP contribution in [0.2, 0.25) is 0 Å². The average molecular weight is 624 g/mol. The summed E-state index contributed by atoms with van der Waals surface area (Å²) in [6.07, 6.45) is 0. The molecule has 0 unspecified atom stereocenters. The van der Waals surface area contributed by atoms with Crippen molar-refractivity contribution in [2.45, 2.75) is 0 Å². The van der Waals surface area contributed by atoms with Crippen LogP contribution in [0.4, 0.5) is 4.20 Å². The molecule has 0 fully saturated rings. The Balaban J connectivity index is 0.000000243. The first-order valence-corrected chi connectivity index (χ1v) is 19.1. The summed E-state index contributed by atoms with van der Waals surface area (Å²) in [5.41, 5.74) is 0. The number of rotatable bonds is 5. The van der Waals surface area contributed by atoms with E-state index in [1.54, 1.807) is 12.1 Å². The van der Waals surface area contributed by atoms with Gasteiger partial charge in [-0.1, -0.05) is 72.8 Å². The molecule has 5 rings (SSSR count). The van der Waals surface area contributed by atoms with Crippen molar-refractivity contribution in [3.05, 3.63) is 152 Å². The molecule has 0 spiro atoms. The van der Waals surface area contributed by atoms with Crippen LogP contribution in [-0.4, -0.2) is 30.7 Å². The van der Waals surface area contributed by atoms with E-state index in [4.69, 9.17) is 0 Å². The van der Waals surface area contributed by atoms with E-state index >= 15 is 0 Å². The fraction of sp³-hybridized carbons (Fsp3) is 0. The minimum absolute atomic E-state index is 0.731. The number of benzene rings is 5. The van der Waals surface area contributed by atoms with E-state index in [9.17, 15) is 4.20 Å². The van der Waals surface area contributed by atoms with Crippen molar-refractivity contribution in [1.29, 1.82) is 0 Å². The molecule has 5 aromatic carbocycles. The topological polar surface area (TPSA) is 0 Å². The van der Waals surface area contributed by atoms with E-state index < -0.39 is 11.8 Å². The van der Waals surface area contributed by atoms with Crippen molar-refractivity contribution >= 4 is 69.0 Å². The summed E-state index contributed by atoms with van der Waals surface area (Å²) < 4.78 is 10.6. The summed E-state index contributed by atoms with van der Waals surface area (Å²) in [5, 5.41) is 6.28.